The highest BCUT2D eigenvalue weighted by atomic mass is 32.2. The molecule has 0 fully saturated rings. The van der Waals surface area contributed by atoms with Crippen molar-refractivity contribution >= 4 is 26.8 Å². The largest absolute Gasteiger partial charge is 0.494 e. The fraction of sp³-hybridized carbons (Fsp3) is 0.516. The third-order valence-electron chi connectivity index (χ3n) is 6.85. The van der Waals surface area contributed by atoms with Gasteiger partial charge in [-0.1, -0.05) is 45.7 Å². The minimum atomic E-state index is -3.93. The van der Waals surface area contributed by atoms with Gasteiger partial charge in [0.15, 0.2) is 5.78 Å². The molecule has 2 aromatic carbocycles. The maximum atomic E-state index is 13.5. The van der Waals surface area contributed by atoms with Crippen LogP contribution in [0.25, 0.3) is 11.0 Å². The first-order valence-electron chi connectivity index (χ1n) is 14.3. The molecule has 0 amide bonds. The summed E-state index contributed by atoms with van der Waals surface area (Å²) in [5, 5.41) is 0.542. The second-order valence-corrected chi connectivity index (χ2v) is 12.0. The molecule has 0 atom stereocenters. The standard InChI is InChI=1S/C31H44N2O5S/c1-5-8-20-33(21-9-6-2)22-12-23-37-26-18-16-25(17-19-26)28(34)24-32(4)39(35,36)31-27-14-10-11-15-29(27)38-30(31)13-7-3/h10-11,14-19H,5-9,12-13,20-24H2,1-4H3. The minimum Gasteiger partial charge on any atom is -0.494 e. The Hall–Kier alpha value is -2.68. The number of aryl methyl sites for hydroxylation is 1. The van der Waals surface area contributed by atoms with Crippen LogP contribution in [0.3, 0.4) is 0 Å². The lowest BCUT2D eigenvalue weighted by Crippen LogP contribution is -2.32. The summed E-state index contributed by atoms with van der Waals surface area (Å²) in [6.45, 7) is 10.0. The van der Waals surface area contributed by atoms with Gasteiger partial charge >= 0.3 is 0 Å². The van der Waals surface area contributed by atoms with E-state index in [-0.39, 0.29) is 17.2 Å². The molecular formula is C31H44N2O5S. The van der Waals surface area contributed by atoms with Crippen LogP contribution in [0.2, 0.25) is 0 Å². The maximum Gasteiger partial charge on any atom is 0.247 e. The summed E-state index contributed by atoms with van der Waals surface area (Å²) in [4.78, 5) is 15.7. The van der Waals surface area contributed by atoms with Crippen molar-refractivity contribution in [2.24, 2.45) is 0 Å². The van der Waals surface area contributed by atoms with E-state index in [2.05, 4.69) is 18.7 Å². The molecule has 7 nitrogen and oxygen atoms in total. The van der Waals surface area contributed by atoms with E-state index < -0.39 is 10.0 Å². The van der Waals surface area contributed by atoms with Gasteiger partial charge in [-0.15, -0.1) is 0 Å². The van der Waals surface area contributed by atoms with Crippen molar-refractivity contribution in [2.45, 2.75) is 70.6 Å². The molecule has 0 bridgehead atoms. The molecule has 8 heteroatoms. The van der Waals surface area contributed by atoms with E-state index in [0.29, 0.717) is 41.1 Å². The molecule has 0 saturated carbocycles. The van der Waals surface area contributed by atoms with Gasteiger partial charge in [-0.3, -0.25) is 4.79 Å². The summed E-state index contributed by atoms with van der Waals surface area (Å²) in [6.07, 6.45) is 7.03. The van der Waals surface area contributed by atoms with Crippen LogP contribution < -0.4 is 4.74 Å². The first kappa shape index (κ1) is 30.9. The van der Waals surface area contributed by atoms with Crippen LogP contribution in [0.15, 0.2) is 57.8 Å². The maximum absolute atomic E-state index is 13.5. The number of furan rings is 1. The topological polar surface area (TPSA) is 80.1 Å². The molecule has 1 heterocycles. The molecule has 1 aromatic heterocycles. The number of hydrogen-bond acceptors (Lipinski definition) is 6. The molecule has 3 aromatic rings. The van der Waals surface area contributed by atoms with Gasteiger partial charge < -0.3 is 14.1 Å². The van der Waals surface area contributed by atoms with Gasteiger partial charge in [0, 0.05) is 31.0 Å². The lowest BCUT2D eigenvalue weighted by Gasteiger charge is -2.21. The number of benzene rings is 2. The number of Topliss-reactive ketones (excluding diaryl/α,β-unsaturated/α-hetero) is 1. The zero-order valence-corrected chi connectivity index (χ0v) is 24.8. The number of likely N-dealkylation sites (N-methyl/N-ethyl adjacent to an activating group) is 1. The molecule has 0 N–H and O–H groups in total. The summed E-state index contributed by atoms with van der Waals surface area (Å²) < 4.78 is 39.9. The van der Waals surface area contributed by atoms with Gasteiger partial charge in [-0.2, -0.15) is 4.31 Å². The quantitative estimate of drug-likeness (QED) is 0.130. The minimum absolute atomic E-state index is 0.155. The zero-order valence-electron chi connectivity index (χ0n) is 23.9. The van der Waals surface area contributed by atoms with Gasteiger partial charge in [0.1, 0.15) is 22.0 Å². The Morgan fingerprint density at radius 1 is 0.872 bits per heavy atom. The first-order chi connectivity index (χ1) is 18.8. The Kier molecular flexibility index (Phi) is 12.0. The Balaban J connectivity index is 1.58. The molecule has 0 aliphatic rings. The summed E-state index contributed by atoms with van der Waals surface area (Å²) in [5.74, 6) is 0.855. The Bertz CT molecular complexity index is 1280. The summed E-state index contributed by atoms with van der Waals surface area (Å²) >= 11 is 0. The highest BCUT2D eigenvalue weighted by Crippen LogP contribution is 2.32. The first-order valence-corrected chi connectivity index (χ1v) is 15.7. The fourth-order valence-corrected chi connectivity index (χ4v) is 6.07. The lowest BCUT2D eigenvalue weighted by molar-refractivity contribution is 0.0972. The van der Waals surface area contributed by atoms with E-state index in [0.717, 1.165) is 36.8 Å². The third-order valence-corrected chi connectivity index (χ3v) is 8.76. The van der Waals surface area contributed by atoms with Crippen molar-refractivity contribution in [1.29, 1.82) is 0 Å². The Labute approximate surface area is 234 Å². The van der Waals surface area contributed by atoms with Crippen LogP contribution in [-0.2, 0) is 16.4 Å². The predicted octanol–water partition coefficient (Wildman–Crippen LogP) is 6.56. The van der Waals surface area contributed by atoms with Gasteiger partial charge in [0.2, 0.25) is 10.0 Å². The number of para-hydroxylation sites is 1. The van der Waals surface area contributed by atoms with Crippen molar-refractivity contribution in [3.05, 3.63) is 59.9 Å². The molecule has 0 unspecified atom stereocenters. The number of sulfonamides is 1. The van der Waals surface area contributed by atoms with Gasteiger partial charge in [-0.05, 0) is 75.2 Å². The smallest absolute Gasteiger partial charge is 0.247 e. The highest BCUT2D eigenvalue weighted by Gasteiger charge is 2.30. The van der Waals surface area contributed by atoms with E-state index >= 15 is 0 Å². The van der Waals surface area contributed by atoms with E-state index in [4.69, 9.17) is 9.15 Å². The number of ether oxygens (including phenoxy) is 1. The normalized spacial score (nSPS) is 12.1. The SMILES string of the molecule is CCCCN(CCCC)CCCOc1ccc(C(=O)CN(C)S(=O)(=O)c2c(CCC)oc3ccccc23)cc1. The van der Waals surface area contributed by atoms with Crippen LogP contribution in [-0.4, -0.2) is 63.2 Å². The third kappa shape index (κ3) is 8.40. The predicted molar refractivity (Wildman–Crippen MR) is 157 cm³/mol. The average molecular weight is 557 g/mol. The van der Waals surface area contributed by atoms with Crippen molar-refractivity contribution in [2.75, 3.05) is 39.8 Å². The molecule has 39 heavy (non-hydrogen) atoms. The number of nitrogens with zero attached hydrogens (tertiary/aromatic N) is 2. The zero-order chi connectivity index (χ0) is 28.3. The summed E-state index contributed by atoms with van der Waals surface area (Å²) in [7, 11) is -2.49. The number of unbranched alkanes of at least 4 members (excludes halogenated alkanes) is 2. The molecule has 0 aliphatic carbocycles. The molecule has 0 radical (unpaired) electrons. The number of carbonyl (C=O) groups is 1. The van der Waals surface area contributed by atoms with Crippen molar-refractivity contribution < 1.29 is 22.4 Å². The second-order valence-electron chi connectivity index (χ2n) is 10.1. The fourth-order valence-electron chi connectivity index (χ4n) is 4.60. The van der Waals surface area contributed by atoms with Crippen LogP contribution in [0.4, 0.5) is 0 Å². The van der Waals surface area contributed by atoms with E-state index in [1.165, 1.54) is 32.7 Å². The van der Waals surface area contributed by atoms with E-state index in [1.54, 1.807) is 42.5 Å². The Morgan fingerprint density at radius 2 is 1.51 bits per heavy atom. The van der Waals surface area contributed by atoms with Crippen LogP contribution in [0.5, 0.6) is 5.75 Å². The number of carbonyl (C=O) groups excluding carboxylic acids is 1. The highest BCUT2D eigenvalue weighted by molar-refractivity contribution is 7.89. The summed E-state index contributed by atoms with van der Waals surface area (Å²) in [5.41, 5.74) is 0.977. The van der Waals surface area contributed by atoms with Crippen molar-refractivity contribution in [1.82, 2.24) is 9.21 Å². The lowest BCUT2D eigenvalue weighted by atomic mass is 10.1. The molecule has 3 rings (SSSR count). The molecule has 0 spiro atoms. The number of ketones is 1. The van der Waals surface area contributed by atoms with E-state index in [1.807, 2.05) is 13.0 Å². The van der Waals surface area contributed by atoms with Gasteiger partial charge in [0.25, 0.3) is 0 Å². The van der Waals surface area contributed by atoms with Gasteiger partial charge in [-0.25, -0.2) is 8.42 Å². The molecular weight excluding hydrogens is 512 g/mol. The van der Waals surface area contributed by atoms with E-state index in [9.17, 15) is 13.2 Å². The van der Waals surface area contributed by atoms with Gasteiger partial charge in [0.05, 0.1) is 13.2 Å². The Morgan fingerprint density at radius 3 is 2.15 bits per heavy atom. The molecule has 0 saturated heterocycles. The molecule has 214 valence electrons. The number of rotatable bonds is 18. The van der Waals surface area contributed by atoms with Crippen molar-refractivity contribution in [3.8, 4) is 5.75 Å². The number of hydrogen-bond donors (Lipinski definition) is 0. The van der Waals surface area contributed by atoms with Crippen LogP contribution in [0.1, 0.15) is 75.4 Å². The number of fused-ring (bicyclic) bond motifs is 1. The average Bonchev–Trinajstić information content (AvgIpc) is 3.31. The van der Waals surface area contributed by atoms with Crippen molar-refractivity contribution in [3.63, 3.8) is 0 Å². The van der Waals surface area contributed by atoms with Crippen LogP contribution >= 0.6 is 0 Å². The molecule has 0 aliphatic heterocycles. The monoisotopic (exact) mass is 556 g/mol. The van der Waals surface area contributed by atoms with Crippen LogP contribution in [0, 0.1) is 0 Å². The summed E-state index contributed by atoms with van der Waals surface area (Å²) in [6, 6.07) is 14.0. The second kappa shape index (κ2) is 15.2.